The van der Waals surface area contributed by atoms with E-state index in [4.69, 9.17) is 0 Å². The summed E-state index contributed by atoms with van der Waals surface area (Å²) < 4.78 is 23.8. The molecule has 0 heterocycles. The quantitative estimate of drug-likeness (QED) is 0.708. The van der Waals surface area contributed by atoms with Crippen molar-refractivity contribution in [3.05, 3.63) is 0 Å². The van der Waals surface area contributed by atoms with E-state index in [0.29, 0.717) is 12.5 Å². The molecule has 0 aromatic rings. The van der Waals surface area contributed by atoms with E-state index >= 15 is 0 Å². The lowest BCUT2D eigenvalue weighted by molar-refractivity contribution is -0.120. The number of carbonyl (C=O) groups excluding carboxylic acids is 1. The highest BCUT2D eigenvalue weighted by atomic mass is 32.2. The Morgan fingerprint density at radius 1 is 1.33 bits per heavy atom. The Bertz CT molecular complexity index is 296. The van der Waals surface area contributed by atoms with Crippen molar-refractivity contribution in [3.8, 4) is 0 Å². The first kappa shape index (κ1) is 14.4. The van der Waals surface area contributed by atoms with Gasteiger partial charge >= 0.3 is 0 Å². The molecule has 0 aliphatic heterocycles. The monoisotopic (exact) mass is 236 g/mol. The molecule has 15 heavy (non-hydrogen) atoms. The summed E-state index contributed by atoms with van der Waals surface area (Å²) in [4.78, 5) is 11.2. The third-order valence-electron chi connectivity index (χ3n) is 1.85. The average Bonchev–Trinajstić information content (AvgIpc) is 2.11. The molecule has 0 aliphatic carbocycles. The zero-order chi connectivity index (χ0) is 12.1. The van der Waals surface area contributed by atoms with Gasteiger partial charge in [0.2, 0.25) is 15.9 Å². The highest BCUT2D eigenvalue weighted by Crippen LogP contribution is 1.97. The zero-order valence-electron chi connectivity index (χ0n) is 9.78. The molecular weight excluding hydrogens is 216 g/mol. The second-order valence-electron chi connectivity index (χ2n) is 4.05. The Hall–Kier alpha value is -0.620. The second kappa shape index (κ2) is 6.07. The van der Waals surface area contributed by atoms with Gasteiger partial charge in [-0.1, -0.05) is 13.8 Å². The summed E-state index contributed by atoms with van der Waals surface area (Å²) in [5, 5.41) is 2.67. The van der Waals surface area contributed by atoms with Crippen LogP contribution in [0.25, 0.3) is 0 Å². The molecule has 6 heteroatoms. The fourth-order valence-electron chi connectivity index (χ4n) is 0.811. The molecule has 1 N–H and O–H groups in total. The Morgan fingerprint density at radius 2 is 1.87 bits per heavy atom. The number of sulfonamides is 1. The molecule has 0 aromatic carbocycles. The van der Waals surface area contributed by atoms with Gasteiger partial charge in [-0.05, 0) is 5.92 Å². The van der Waals surface area contributed by atoms with Gasteiger partial charge in [-0.3, -0.25) is 4.79 Å². The molecule has 0 spiro atoms. The van der Waals surface area contributed by atoms with Gasteiger partial charge in [-0.15, -0.1) is 0 Å². The van der Waals surface area contributed by atoms with Gasteiger partial charge in [0.15, 0.2) is 0 Å². The summed E-state index contributed by atoms with van der Waals surface area (Å²) in [5.74, 6) is 0.0257. The number of amides is 1. The smallest absolute Gasteiger partial charge is 0.221 e. The summed E-state index contributed by atoms with van der Waals surface area (Å²) in [6.45, 7) is 4.55. The number of nitrogens with one attached hydrogen (secondary N) is 1. The third-order valence-corrected chi connectivity index (χ3v) is 3.68. The van der Waals surface area contributed by atoms with Crippen LogP contribution in [0.1, 0.15) is 20.3 Å². The lowest BCUT2D eigenvalue weighted by atomic mass is 10.2. The molecule has 0 radical (unpaired) electrons. The van der Waals surface area contributed by atoms with Crippen LogP contribution in [0.3, 0.4) is 0 Å². The van der Waals surface area contributed by atoms with Gasteiger partial charge in [0.05, 0.1) is 5.75 Å². The van der Waals surface area contributed by atoms with Crippen molar-refractivity contribution in [1.29, 1.82) is 0 Å². The van der Waals surface area contributed by atoms with E-state index in [2.05, 4.69) is 5.32 Å². The lowest BCUT2D eigenvalue weighted by Gasteiger charge is -2.11. The topological polar surface area (TPSA) is 66.5 Å². The second-order valence-corrected chi connectivity index (χ2v) is 6.35. The molecule has 0 saturated heterocycles. The molecular formula is C9H20N2O3S. The van der Waals surface area contributed by atoms with E-state index in [1.165, 1.54) is 14.1 Å². The van der Waals surface area contributed by atoms with Crippen molar-refractivity contribution < 1.29 is 13.2 Å². The molecule has 0 bridgehead atoms. The normalized spacial score (nSPS) is 12.1. The number of carbonyl (C=O) groups is 1. The number of hydrogen-bond acceptors (Lipinski definition) is 3. The van der Waals surface area contributed by atoms with Crippen molar-refractivity contribution in [2.24, 2.45) is 5.92 Å². The Kier molecular flexibility index (Phi) is 5.82. The summed E-state index contributed by atoms with van der Waals surface area (Å²) >= 11 is 0. The summed E-state index contributed by atoms with van der Waals surface area (Å²) in [5.41, 5.74) is 0. The Morgan fingerprint density at radius 3 is 2.27 bits per heavy atom. The lowest BCUT2D eigenvalue weighted by Crippen LogP contribution is -2.31. The van der Waals surface area contributed by atoms with Gasteiger partial charge in [-0.2, -0.15) is 0 Å². The van der Waals surface area contributed by atoms with Crippen LogP contribution in [-0.4, -0.2) is 45.0 Å². The van der Waals surface area contributed by atoms with Crippen LogP contribution in [0, 0.1) is 5.92 Å². The van der Waals surface area contributed by atoms with Gasteiger partial charge < -0.3 is 5.32 Å². The predicted octanol–water partition coefficient (Wildman–Crippen LogP) is 0.0401. The van der Waals surface area contributed by atoms with E-state index < -0.39 is 10.0 Å². The standard InChI is InChI=1S/C9H20N2O3S/c1-8(2)7-10-9(12)5-6-15(13,14)11(3)4/h8H,5-7H2,1-4H3,(H,10,12). The molecule has 0 unspecified atom stereocenters. The van der Waals surface area contributed by atoms with Crippen molar-refractivity contribution in [2.45, 2.75) is 20.3 Å². The highest BCUT2D eigenvalue weighted by Gasteiger charge is 2.15. The molecule has 0 aromatic heterocycles. The van der Waals surface area contributed by atoms with Crippen LogP contribution >= 0.6 is 0 Å². The zero-order valence-corrected chi connectivity index (χ0v) is 10.6. The molecule has 1 amide bonds. The van der Waals surface area contributed by atoms with Gasteiger partial charge in [0.25, 0.3) is 0 Å². The molecule has 0 aliphatic rings. The fourth-order valence-corrected chi connectivity index (χ4v) is 1.62. The van der Waals surface area contributed by atoms with Crippen molar-refractivity contribution in [3.63, 3.8) is 0 Å². The number of hydrogen-bond donors (Lipinski definition) is 1. The first-order chi connectivity index (χ1) is 6.75. The van der Waals surface area contributed by atoms with Crippen LogP contribution < -0.4 is 5.32 Å². The van der Waals surface area contributed by atoms with Crippen LogP contribution in [0.4, 0.5) is 0 Å². The van der Waals surface area contributed by atoms with E-state index in [-0.39, 0.29) is 18.1 Å². The molecule has 0 saturated carbocycles. The summed E-state index contributed by atoms with van der Waals surface area (Å²) in [6, 6.07) is 0. The highest BCUT2D eigenvalue weighted by molar-refractivity contribution is 7.89. The SMILES string of the molecule is CC(C)CNC(=O)CCS(=O)(=O)N(C)C. The largest absolute Gasteiger partial charge is 0.356 e. The average molecular weight is 236 g/mol. The van der Waals surface area contributed by atoms with Gasteiger partial charge in [0, 0.05) is 27.1 Å². The first-order valence-corrected chi connectivity index (χ1v) is 6.53. The summed E-state index contributed by atoms with van der Waals surface area (Å²) in [6.07, 6.45) is 0.0211. The van der Waals surface area contributed by atoms with Gasteiger partial charge in [0.1, 0.15) is 0 Å². The van der Waals surface area contributed by atoms with Crippen LogP contribution in [0.5, 0.6) is 0 Å². The minimum absolute atomic E-state index is 0.0211. The van der Waals surface area contributed by atoms with Gasteiger partial charge in [-0.25, -0.2) is 12.7 Å². The fraction of sp³-hybridized carbons (Fsp3) is 0.889. The molecule has 0 fully saturated rings. The van der Waals surface area contributed by atoms with Crippen molar-refractivity contribution in [1.82, 2.24) is 9.62 Å². The molecule has 0 atom stereocenters. The third kappa shape index (κ3) is 6.46. The van der Waals surface area contributed by atoms with E-state index in [9.17, 15) is 13.2 Å². The van der Waals surface area contributed by atoms with E-state index in [1.807, 2.05) is 13.8 Å². The minimum atomic E-state index is -3.26. The Balaban J connectivity index is 3.92. The maximum atomic E-state index is 11.3. The maximum absolute atomic E-state index is 11.3. The molecule has 0 rings (SSSR count). The van der Waals surface area contributed by atoms with E-state index in [0.717, 1.165) is 4.31 Å². The summed E-state index contributed by atoms with van der Waals surface area (Å²) in [7, 11) is -0.340. The van der Waals surface area contributed by atoms with Crippen LogP contribution in [-0.2, 0) is 14.8 Å². The van der Waals surface area contributed by atoms with Crippen LogP contribution in [0.2, 0.25) is 0 Å². The van der Waals surface area contributed by atoms with Crippen molar-refractivity contribution in [2.75, 3.05) is 26.4 Å². The Labute approximate surface area is 91.9 Å². The van der Waals surface area contributed by atoms with E-state index in [1.54, 1.807) is 0 Å². The first-order valence-electron chi connectivity index (χ1n) is 4.92. The number of rotatable bonds is 6. The maximum Gasteiger partial charge on any atom is 0.221 e. The minimum Gasteiger partial charge on any atom is -0.356 e. The predicted molar refractivity (Wildman–Crippen MR) is 59.9 cm³/mol. The molecule has 5 nitrogen and oxygen atoms in total. The van der Waals surface area contributed by atoms with Crippen LogP contribution in [0.15, 0.2) is 0 Å². The van der Waals surface area contributed by atoms with Crippen molar-refractivity contribution >= 4 is 15.9 Å². The molecule has 90 valence electrons. The number of nitrogens with zero attached hydrogens (tertiary/aromatic N) is 1.